The Morgan fingerprint density at radius 1 is 1.08 bits per heavy atom. The Morgan fingerprint density at radius 3 is 2.54 bits per heavy atom. The van der Waals surface area contributed by atoms with E-state index in [4.69, 9.17) is 4.74 Å². The molecule has 0 aliphatic rings. The third kappa shape index (κ3) is 7.16. The summed E-state index contributed by atoms with van der Waals surface area (Å²) in [5, 5.41) is 6.51. The van der Waals surface area contributed by atoms with Gasteiger partial charge in [-0.05, 0) is 30.7 Å². The molecule has 1 heterocycles. The predicted octanol–water partition coefficient (Wildman–Crippen LogP) is 2.79. The summed E-state index contributed by atoms with van der Waals surface area (Å²) in [5.74, 6) is 1.70. The second-order valence-electron chi connectivity index (χ2n) is 5.11. The molecule has 0 amide bonds. The Kier molecular flexibility index (Phi) is 9.83. The normalized spacial score (nSPS) is 10.7. The maximum absolute atomic E-state index is 5.75. The van der Waals surface area contributed by atoms with Crippen LogP contribution in [0.25, 0.3) is 0 Å². The summed E-state index contributed by atoms with van der Waals surface area (Å²) in [6, 6.07) is 14.0. The number of hydrogen-bond acceptors (Lipinski definition) is 3. The molecule has 0 spiro atoms. The van der Waals surface area contributed by atoms with Gasteiger partial charge in [0.2, 0.25) is 0 Å². The van der Waals surface area contributed by atoms with E-state index in [-0.39, 0.29) is 24.0 Å². The van der Waals surface area contributed by atoms with Gasteiger partial charge in [-0.3, -0.25) is 9.98 Å². The zero-order valence-corrected chi connectivity index (χ0v) is 16.5. The summed E-state index contributed by atoms with van der Waals surface area (Å²) in [7, 11) is 1.76. The number of pyridine rings is 1. The third-order valence-corrected chi connectivity index (χ3v) is 3.37. The van der Waals surface area contributed by atoms with E-state index in [9.17, 15) is 0 Å². The largest absolute Gasteiger partial charge is 0.491 e. The van der Waals surface area contributed by atoms with E-state index in [1.165, 1.54) is 0 Å². The summed E-state index contributed by atoms with van der Waals surface area (Å²) in [6.45, 7) is 4.11. The van der Waals surface area contributed by atoms with Crippen LogP contribution in [0.2, 0.25) is 0 Å². The van der Waals surface area contributed by atoms with Gasteiger partial charge in [-0.25, -0.2) is 0 Å². The van der Waals surface area contributed by atoms with Crippen molar-refractivity contribution in [2.24, 2.45) is 4.99 Å². The first-order valence-electron chi connectivity index (χ1n) is 7.82. The Balaban J connectivity index is 0.00000288. The van der Waals surface area contributed by atoms with E-state index >= 15 is 0 Å². The fourth-order valence-corrected chi connectivity index (χ4v) is 2.12. The Bertz CT molecular complexity index is 619. The first kappa shape index (κ1) is 20.2. The van der Waals surface area contributed by atoms with Crippen LogP contribution in [-0.4, -0.2) is 37.7 Å². The Morgan fingerprint density at radius 2 is 1.83 bits per heavy atom. The summed E-state index contributed by atoms with van der Waals surface area (Å²) >= 11 is 0. The van der Waals surface area contributed by atoms with Crippen molar-refractivity contribution in [2.75, 3.05) is 26.7 Å². The molecule has 0 bridgehead atoms. The quantitative estimate of drug-likeness (QED) is 0.301. The summed E-state index contributed by atoms with van der Waals surface area (Å²) in [4.78, 5) is 8.50. The van der Waals surface area contributed by atoms with Crippen molar-refractivity contribution in [3.63, 3.8) is 0 Å². The molecule has 0 radical (unpaired) electrons. The van der Waals surface area contributed by atoms with Gasteiger partial charge >= 0.3 is 0 Å². The van der Waals surface area contributed by atoms with Crippen LogP contribution in [0.4, 0.5) is 0 Å². The number of aliphatic imine (C=N–C) groups is 1. The molecule has 0 aliphatic heterocycles. The molecular formula is C18H25IN4O. The number of ether oxygens (including phenoxy) is 1. The van der Waals surface area contributed by atoms with Crippen molar-refractivity contribution < 1.29 is 4.74 Å². The molecule has 0 saturated heterocycles. The average molecular weight is 440 g/mol. The van der Waals surface area contributed by atoms with E-state index in [0.717, 1.165) is 35.9 Å². The molecule has 24 heavy (non-hydrogen) atoms. The highest BCUT2D eigenvalue weighted by Gasteiger charge is 2.00. The number of hydrogen-bond donors (Lipinski definition) is 2. The maximum atomic E-state index is 5.75. The van der Waals surface area contributed by atoms with E-state index in [0.29, 0.717) is 13.2 Å². The number of benzene rings is 1. The molecular weight excluding hydrogens is 415 g/mol. The molecule has 2 N–H and O–H groups in total. The number of aromatic nitrogens is 1. The molecule has 0 atom stereocenters. The molecule has 0 unspecified atom stereocenters. The lowest BCUT2D eigenvalue weighted by Crippen LogP contribution is -2.40. The lowest BCUT2D eigenvalue weighted by molar-refractivity contribution is 0.320. The minimum atomic E-state index is 0. The molecule has 1 aromatic heterocycles. The highest BCUT2D eigenvalue weighted by Crippen LogP contribution is 2.15. The van der Waals surface area contributed by atoms with Crippen LogP contribution in [-0.2, 0) is 6.42 Å². The smallest absolute Gasteiger partial charge is 0.191 e. The Hall–Kier alpha value is -1.83. The van der Waals surface area contributed by atoms with Crippen LogP contribution >= 0.6 is 24.0 Å². The average Bonchev–Trinajstić information content (AvgIpc) is 2.59. The summed E-state index contributed by atoms with van der Waals surface area (Å²) in [5.41, 5.74) is 2.21. The van der Waals surface area contributed by atoms with Crippen LogP contribution in [0.5, 0.6) is 5.75 Å². The van der Waals surface area contributed by atoms with Crippen molar-refractivity contribution >= 4 is 29.9 Å². The van der Waals surface area contributed by atoms with Crippen molar-refractivity contribution in [3.05, 3.63) is 59.9 Å². The molecule has 5 nitrogen and oxygen atoms in total. The van der Waals surface area contributed by atoms with Crippen molar-refractivity contribution in [2.45, 2.75) is 13.3 Å². The fourth-order valence-electron chi connectivity index (χ4n) is 2.12. The standard InChI is InChI=1S/C18H24N4O.HI/c1-15-7-3-4-9-17(15)23-14-13-22-18(19-2)21-12-10-16-8-5-6-11-20-16;/h3-9,11H,10,12-14H2,1-2H3,(H2,19,21,22);1H. The maximum Gasteiger partial charge on any atom is 0.191 e. The lowest BCUT2D eigenvalue weighted by Gasteiger charge is -2.13. The van der Waals surface area contributed by atoms with Gasteiger partial charge in [-0.15, -0.1) is 24.0 Å². The molecule has 130 valence electrons. The molecule has 0 saturated carbocycles. The topological polar surface area (TPSA) is 58.5 Å². The monoisotopic (exact) mass is 440 g/mol. The van der Waals surface area contributed by atoms with Crippen LogP contribution in [0.1, 0.15) is 11.3 Å². The minimum absolute atomic E-state index is 0. The summed E-state index contributed by atoms with van der Waals surface area (Å²) in [6.07, 6.45) is 2.67. The zero-order chi connectivity index (χ0) is 16.3. The van der Waals surface area contributed by atoms with Crippen LogP contribution in [0.3, 0.4) is 0 Å². The van der Waals surface area contributed by atoms with E-state index in [1.807, 2.05) is 55.6 Å². The number of halogens is 1. The van der Waals surface area contributed by atoms with Gasteiger partial charge in [0, 0.05) is 31.9 Å². The van der Waals surface area contributed by atoms with Gasteiger partial charge in [-0.1, -0.05) is 24.3 Å². The summed E-state index contributed by atoms with van der Waals surface area (Å²) < 4.78 is 5.75. The number of aryl methyl sites for hydroxylation is 1. The predicted molar refractivity (Wildman–Crippen MR) is 109 cm³/mol. The van der Waals surface area contributed by atoms with Crippen LogP contribution < -0.4 is 15.4 Å². The van der Waals surface area contributed by atoms with Gasteiger partial charge < -0.3 is 15.4 Å². The first-order chi connectivity index (χ1) is 11.3. The molecule has 1 aromatic carbocycles. The Labute approximate surface area is 161 Å². The van der Waals surface area contributed by atoms with Crippen molar-refractivity contribution in [3.8, 4) is 5.75 Å². The molecule has 2 aromatic rings. The number of guanidine groups is 1. The van der Waals surface area contributed by atoms with Gasteiger partial charge in [0.25, 0.3) is 0 Å². The van der Waals surface area contributed by atoms with Crippen molar-refractivity contribution in [1.82, 2.24) is 15.6 Å². The van der Waals surface area contributed by atoms with Crippen molar-refractivity contribution in [1.29, 1.82) is 0 Å². The molecule has 0 aliphatic carbocycles. The SMILES string of the molecule is CN=C(NCCOc1ccccc1C)NCCc1ccccn1.I. The first-order valence-corrected chi connectivity index (χ1v) is 7.82. The van der Waals surface area contributed by atoms with Crippen LogP contribution in [0, 0.1) is 6.92 Å². The van der Waals surface area contributed by atoms with Crippen LogP contribution in [0.15, 0.2) is 53.7 Å². The second-order valence-corrected chi connectivity index (χ2v) is 5.11. The second kappa shape index (κ2) is 11.7. The number of nitrogens with one attached hydrogen (secondary N) is 2. The van der Waals surface area contributed by atoms with E-state index < -0.39 is 0 Å². The van der Waals surface area contributed by atoms with Gasteiger partial charge in [-0.2, -0.15) is 0 Å². The third-order valence-electron chi connectivity index (χ3n) is 3.37. The van der Waals surface area contributed by atoms with E-state index in [1.54, 1.807) is 7.05 Å². The highest BCUT2D eigenvalue weighted by atomic mass is 127. The van der Waals surface area contributed by atoms with Gasteiger partial charge in [0.15, 0.2) is 5.96 Å². The number of para-hydroxylation sites is 1. The molecule has 2 rings (SSSR count). The highest BCUT2D eigenvalue weighted by molar-refractivity contribution is 14.0. The number of rotatable bonds is 7. The zero-order valence-electron chi connectivity index (χ0n) is 14.2. The lowest BCUT2D eigenvalue weighted by atomic mass is 10.2. The molecule has 0 fully saturated rings. The molecule has 6 heteroatoms. The van der Waals surface area contributed by atoms with E-state index in [2.05, 4.69) is 20.6 Å². The fraction of sp³-hybridized carbons (Fsp3) is 0.333. The van der Waals surface area contributed by atoms with Gasteiger partial charge in [0.05, 0.1) is 6.54 Å². The number of nitrogens with zero attached hydrogens (tertiary/aromatic N) is 2. The van der Waals surface area contributed by atoms with Gasteiger partial charge in [0.1, 0.15) is 12.4 Å². The minimum Gasteiger partial charge on any atom is -0.491 e.